The molecule has 1 aromatic rings. The summed E-state index contributed by atoms with van der Waals surface area (Å²) in [5.41, 5.74) is -1.11. The molecular weight excluding hydrogens is 428 g/mol. The molecule has 2 rings (SSSR count). The Labute approximate surface area is 187 Å². The number of carboxylic acids is 1. The molecule has 0 spiro atoms. The largest absolute Gasteiger partial charge is 0.491 e. The van der Waals surface area contributed by atoms with Crippen molar-refractivity contribution in [2.24, 2.45) is 5.92 Å². The van der Waals surface area contributed by atoms with E-state index < -0.39 is 17.7 Å². The molecule has 0 amide bonds. The lowest BCUT2D eigenvalue weighted by Crippen LogP contribution is -2.37. The minimum atomic E-state index is -1.11. The fourth-order valence-corrected chi connectivity index (χ4v) is 5.16. The van der Waals surface area contributed by atoms with Crippen LogP contribution < -0.4 is 4.74 Å². The standard InChI is InChI=1S/C22H31ClO6S/c1-22(28,13-29-16-10-8-15(23)9-11-16)14-30-21-17(18(24)12-19(21)25)6-4-2-3-5-7-20(26)27/h8-11,17,19,21,25,28H,2-7,12-14H2,1H3,(H,26,27)/t17-,19?,21+,22?/m0/s1. The lowest BCUT2D eigenvalue weighted by Gasteiger charge is -2.27. The van der Waals surface area contributed by atoms with Crippen LogP contribution in [0.2, 0.25) is 5.02 Å². The number of carboxylic acid groups (broad SMARTS) is 1. The number of ether oxygens (including phenoxy) is 1. The van der Waals surface area contributed by atoms with E-state index in [4.69, 9.17) is 21.4 Å². The summed E-state index contributed by atoms with van der Waals surface area (Å²) in [7, 11) is 0. The Morgan fingerprint density at radius 3 is 2.57 bits per heavy atom. The van der Waals surface area contributed by atoms with Crippen molar-refractivity contribution in [1.82, 2.24) is 0 Å². The third kappa shape index (κ3) is 8.46. The van der Waals surface area contributed by atoms with E-state index in [2.05, 4.69) is 0 Å². The van der Waals surface area contributed by atoms with Crippen LogP contribution >= 0.6 is 23.4 Å². The molecule has 0 aromatic heterocycles. The molecule has 0 saturated heterocycles. The fourth-order valence-electron chi connectivity index (χ4n) is 3.56. The highest BCUT2D eigenvalue weighted by atomic mass is 35.5. The van der Waals surface area contributed by atoms with E-state index in [9.17, 15) is 19.8 Å². The Kier molecular flexibility index (Phi) is 9.94. The molecule has 0 bridgehead atoms. The zero-order chi connectivity index (χ0) is 22.1. The zero-order valence-corrected chi connectivity index (χ0v) is 18.8. The Morgan fingerprint density at radius 2 is 1.90 bits per heavy atom. The predicted octanol–water partition coefficient (Wildman–Crippen LogP) is 3.95. The Balaban J connectivity index is 1.78. The van der Waals surface area contributed by atoms with Crippen molar-refractivity contribution in [3.05, 3.63) is 29.3 Å². The number of rotatable bonds is 13. The van der Waals surface area contributed by atoms with Gasteiger partial charge in [0.05, 0.1) is 6.10 Å². The lowest BCUT2D eigenvalue weighted by atomic mass is 9.98. The first-order valence-electron chi connectivity index (χ1n) is 10.3. The number of unbranched alkanes of at least 4 members (excludes halogenated alkanes) is 3. The summed E-state index contributed by atoms with van der Waals surface area (Å²) in [5, 5.41) is 30.0. The molecule has 4 atom stereocenters. The molecule has 1 fully saturated rings. The fraction of sp³-hybridized carbons (Fsp3) is 0.636. The van der Waals surface area contributed by atoms with Gasteiger partial charge in [-0.1, -0.05) is 30.9 Å². The molecule has 168 valence electrons. The number of hydrogen-bond donors (Lipinski definition) is 3. The van der Waals surface area contributed by atoms with Crippen LogP contribution in [0.3, 0.4) is 0 Å². The first-order valence-corrected chi connectivity index (χ1v) is 11.8. The van der Waals surface area contributed by atoms with Crippen molar-refractivity contribution in [2.45, 2.75) is 68.8 Å². The van der Waals surface area contributed by atoms with Gasteiger partial charge in [0, 0.05) is 34.8 Å². The number of Topliss-reactive ketones (excluding diaryl/α,β-unsaturated/α-hetero) is 1. The second-order valence-electron chi connectivity index (χ2n) is 8.21. The summed E-state index contributed by atoms with van der Waals surface area (Å²) in [6.45, 7) is 1.77. The van der Waals surface area contributed by atoms with Crippen LogP contribution in [0.15, 0.2) is 24.3 Å². The monoisotopic (exact) mass is 458 g/mol. The van der Waals surface area contributed by atoms with Gasteiger partial charge >= 0.3 is 5.97 Å². The maximum atomic E-state index is 12.3. The van der Waals surface area contributed by atoms with E-state index in [1.54, 1.807) is 31.2 Å². The van der Waals surface area contributed by atoms with E-state index in [1.807, 2.05) is 0 Å². The summed E-state index contributed by atoms with van der Waals surface area (Å²) >= 11 is 7.27. The van der Waals surface area contributed by atoms with Gasteiger partial charge in [0.25, 0.3) is 0 Å². The molecule has 6 nitrogen and oxygen atoms in total. The molecule has 3 N–H and O–H groups in total. The topological polar surface area (TPSA) is 104 Å². The van der Waals surface area contributed by atoms with Gasteiger partial charge in [-0.2, -0.15) is 11.8 Å². The molecule has 0 heterocycles. The van der Waals surface area contributed by atoms with Gasteiger partial charge in [-0.05, 0) is 44.0 Å². The van der Waals surface area contributed by atoms with Crippen LogP contribution in [0.1, 0.15) is 51.9 Å². The van der Waals surface area contributed by atoms with Gasteiger partial charge in [0.1, 0.15) is 23.7 Å². The summed E-state index contributed by atoms with van der Waals surface area (Å²) in [4.78, 5) is 22.9. The van der Waals surface area contributed by atoms with Crippen LogP contribution in [-0.4, -0.2) is 56.4 Å². The minimum Gasteiger partial charge on any atom is -0.491 e. The average molecular weight is 459 g/mol. The molecule has 0 aliphatic heterocycles. The van der Waals surface area contributed by atoms with Crippen molar-refractivity contribution in [3.63, 3.8) is 0 Å². The highest BCUT2D eigenvalue weighted by Crippen LogP contribution is 2.37. The highest BCUT2D eigenvalue weighted by molar-refractivity contribution is 8.00. The van der Waals surface area contributed by atoms with E-state index >= 15 is 0 Å². The Hall–Kier alpha value is -1.28. The van der Waals surface area contributed by atoms with Gasteiger partial charge in [0.2, 0.25) is 0 Å². The SMILES string of the molecule is CC(O)(COc1ccc(Cl)cc1)CS[C@H]1C(O)CC(=O)[C@@H]1CCCCCCC(=O)O. The number of hydrogen-bond acceptors (Lipinski definition) is 6. The second-order valence-corrected chi connectivity index (χ2v) is 9.81. The van der Waals surface area contributed by atoms with Crippen molar-refractivity contribution >= 4 is 35.1 Å². The van der Waals surface area contributed by atoms with E-state index in [1.165, 1.54) is 11.8 Å². The average Bonchev–Trinajstić information content (AvgIpc) is 2.95. The van der Waals surface area contributed by atoms with Gasteiger partial charge in [0.15, 0.2) is 0 Å². The maximum absolute atomic E-state index is 12.3. The Morgan fingerprint density at radius 1 is 1.23 bits per heavy atom. The predicted molar refractivity (Wildman–Crippen MR) is 118 cm³/mol. The number of halogens is 1. The number of aliphatic hydroxyl groups is 2. The first kappa shape index (κ1) is 25.0. The number of aliphatic carboxylic acids is 1. The smallest absolute Gasteiger partial charge is 0.303 e. The highest BCUT2D eigenvalue weighted by Gasteiger charge is 2.42. The van der Waals surface area contributed by atoms with E-state index in [-0.39, 0.29) is 36.4 Å². The third-order valence-electron chi connectivity index (χ3n) is 5.21. The molecule has 1 aliphatic rings. The Bertz CT molecular complexity index is 693. The van der Waals surface area contributed by atoms with Crippen molar-refractivity contribution in [3.8, 4) is 5.75 Å². The molecule has 1 aromatic carbocycles. The third-order valence-corrected chi connectivity index (χ3v) is 7.27. The number of carbonyl (C=O) groups is 2. The number of aliphatic hydroxyl groups excluding tert-OH is 1. The normalized spacial score (nSPS) is 23.3. The molecule has 2 unspecified atom stereocenters. The van der Waals surface area contributed by atoms with Gasteiger partial charge < -0.3 is 20.1 Å². The van der Waals surface area contributed by atoms with Gasteiger partial charge in [-0.25, -0.2) is 0 Å². The molecule has 1 saturated carbocycles. The van der Waals surface area contributed by atoms with Crippen molar-refractivity contribution < 1.29 is 29.6 Å². The van der Waals surface area contributed by atoms with Crippen LogP contribution in [0, 0.1) is 5.92 Å². The maximum Gasteiger partial charge on any atom is 0.303 e. The number of benzene rings is 1. The molecule has 1 aliphatic carbocycles. The molecular formula is C22H31ClO6S. The van der Waals surface area contributed by atoms with Gasteiger partial charge in [-0.15, -0.1) is 0 Å². The molecule has 0 radical (unpaired) electrons. The number of thioether (sulfide) groups is 1. The molecule has 8 heteroatoms. The second kappa shape index (κ2) is 11.9. The quantitative estimate of drug-likeness (QED) is 0.384. The van der Waals surface area contributed by atoms with E-state index in [0.29, 0.717) is 29.4 Å². The number of carbonyl (C=O) groups excluding carboxylic acids is 1. The van der Waals surface area contributed by atoms with Crippen molar-refractivity contribution in [2.75, 3.05) is 12.4 Å². The number of ketones is 1. The van der Waals surface area contributed by atoms with Crippen molar-refractivity contribution in [1.29, 1.82) is 0 Å². The summed E-state index contributed by atoms with van der Waals surface area (Å²) in [6, 6.07) is 6.90. The van der Waals surface area contributed by atoms with Crippen LogP contribution in [-0.2, 0) is 9.59 Å². The summed E-state index contributed by atoms with van der Waals surface area (Å²) in [5.74, 6) is 0.0132. The van der Waals surface area contributed by atoms with Crippen LogP contribution in [0.5, 0.6) is 5.75 Å². The summed E-state index contributed by atoms with van der Waals surface area (Å²) < 4.78 is 5.64. The summed E-state index contributed by atoms with van der Waals surface area (Å²) in [6.07, 6.45) is 3.48. The zero-order valence-electron chi connectivity index (χ0n) is 17.3. The van der Waals surface area contributed by atoms with Crippen LogP contribution in [0.4, 0.5) is 0 Å². The minimum absolute atomic E-state index is 0.0718. The van der Waals surface area contributed by atoms with Gasteiger partial charge in [-0.3, -0.25) is 9.59 Å². The first-order chi connectivity index (χ1) is 14.2. The van der Waals surface area contributed by atoms with Crippen LogP contribution in [0.25, 0.3) is 0 Å². The lowest BCUT2D eigenvalue weighted by molar-refractivity contribution is -0.137. The van der Waals surface area contributed by atoms with E-state index in [0.717, 1.165) is 19.3 Å². The molecule has 30 heavy (non-hydrogen) atoms.